The first-order valence-electron chi connectivity index (χ1n) is 16.9. The number of para-hydroxylation sites is 2. The third-order valence-electron chi connectivity index (χ3n) is 9.87. The lowest BCUT2D eigenvalue weighted by Crippen LogP contribution is -2.00. The summed E-state index contributed by atoms with van der Waals surface area (Å²) in [6.45, 7) is 0. The normalized spacial score (nSPS) is 11.9. The van der Waals surface area contributed by atoms with Gasteiger partial charge in [-0.1, -0.05) is 115 Å². The summed E-state index contributed by atoms with van der Waals surface area (Å²) >= 11 is 1.74. The van der Waals surface area contributed by atoms with Crippen LogP contribution in [0.2, 0.25) is 0 Å². The van der Waals surface area contributed by atoms with E-state index < -0.39 is 0 Å². The standard InChI is InChI=1S/C45H26N4OS/c1-3-12-27(13-4-1)43-46-44(28-14-5-2-6-15-28)48-45(47-43)36-19-11-18-34-35-25-24-33-32-23-22-29(26-39(32)50-40(33)42(35)51-41(34)36)49-37-20-9-7-16-30(37)31-17-8-10-21-38(31)49/h1-26H. The summed E-state index contributed by atoms with van der Waals surface area (Å²) in [7, 11) is 0. The Balaban J connectivity index is 1.11. The van der Waals surface area contributed by atoms with Gasteiger partial charge in [-0.3, -0.25) is 0 Å². The van der Waals surface area contributed by atoms with E-state index in [1.165, 1.54) is 21.8 Å². The minimum atomic E-state index is 0.649. The van der Waals surface area contributed by atoms with Gasteiger partial charge in [0.2, 0.25) is 0 Å². The SMILES string of the molecule is c1ccc(-c2nc(-c3ccccc3)nc(-c3cccc4c3sc3c4ccc4c5ccc(-n6c7ccccc7c7ccccc76)cc5oc43)n2)cc1. The van der Waals surface area contributed by atoms with Gasteiger partial charge in [0.15, 0.2) is 23.1 Å². The average molecular weight is 671 g/mol. The van der Waals surface area contributed by atoms with E-state index in [1.54, 1.807) is 11.3 Å². The molecule has 0 amide bonds. The molecule has 0 radical (unpaired) electrons. The van der Waals surface area contributed by atoms with Crippen molar-refractivity contribution in [1.29, 1.82) is 0 Å². The number of aromatic nitrogens is 4. The first-order valence-corrected chi connectivity index (χ1v) is 17.8. The van der Waals surface area contributed by atoms with Crippen molar-refractivity contribution < 1.29 is 4.42 Å². The zero-order chi connectivity index (χ0) is 33.5. The van der Waals surface area contributed by atoms with Crippen molar-refractivity contribution in [2.24, 2.45) is 0 Å². The number of hydrogen-bond acceptors (Lipinski definition) is 5. The van der Waals surface area contributed by atoms with Crippen molar-refractivity contribution in [3.63, 3.8) is 0 Å². The Morgan fingerprint density at radius 2 is 0.980 bits per heavy atom. The highest BCUT2D eigenvalue weighted by Crippen LogP contribution is 2.45. The van der Waals surface area contributed by atoms with Crippen LogP contribution >= 0.6 is 11.3 Å². The van der Waals surface area contributed by atoms with Crippen LogP contribution in [-0.4, -0.2) is 19.5 Å². The molecular weight excluding hydrogens is 645 g/mol. The molecule has 0 bridgehead atoms. The van der Waals surface area contributed by atoms with E-state index in [-0.39, 0.29) is 0 Å². The van der Waals surface area contributed by atoms with Gasteiger partial charge >= 0.3 is 0 Å². The topological polar surface area (TPSA) is 56.7 Å². The quantitative estimate of drug-likeness (QED) is 0.187. The van der Waals surface area contributed by atoms with Crippen molar-refractivity contribution in [2.75, 3.05) is 0 Å². The van der Waals surface area contributed by atoms with E-state index in [1.807, 2.05) is 60.7 Å². The van der Waals surface area contributed by atoms with E-state index in [9.17, 15) is 0 Å². The minimum Gasteiger partial charge on any atom is -0.454 e. The van der Waals surface area contributed by atoms with Crippen LogP contribution in [0.25, 0.3) is 104 Å². The van der Waals surface area contributed by atoms with Gasteiger partial charge < -0.3 is 8.98 Å². The zero-order valence-corrected chi connectivity index (χ0v) is 27.9. The second kappa shape index (κ2) is 10.9. The van der Waals surface area contributed by atoms with Gasteiger partial charge in [-0.05, 0) is 36.4 Å². The molecule has 0 saturated heterocycles. The van der Waals surface area contributed by atoms with Crippen LogP contribution in [-0.2, 0) is 0 Å². The second-order valence-electron chi connectivity index (χ2n) is 12.8. The van der Waals surface area contributed by atoms with E-state index in [0.29, 0.717) is 17.5 Å². The molecule has 0 aliphatic carbocycles. The van der Waals surface area contributed by atoms with Gasteiger partial charge in [0.1, 0.15) is 5.58 Å². The lowest BCUT2D eigenvalue weighted by Gasteiger charge is -2.09. The predicted molar refractivity (Wildman–Crippen MR) is 211 cm³/mol. The maximum Gasteiger partial charge on any atom is 0.165 e. The molecule has 5 nitrogen and oxygen atoms in total. The van der Waals surface area contributed by atoms with Crippen LogP contribution in [0, 0.1) is 0 Å². The fourth-order valence-corrected chi connectivity index (χ4v) is 8.82. The number of fused-ring (bicyclic) bond motifs is 10. The maximum absolute atomic E-state index is 6.81. The summed E-state index contributed by atoms with van der Waals surface area (Å²) < 4.78 is 11.4. The van der Waals surface area contributed by atoms with E-state index in [0.717, 1.165) is 64.5 Å². The Hall–Kier alpha value is -6.63. The van der Waals surface area contributed by atoms with E-state index >= 15 is 0 Å². The molecule has 11 aromatic rings. The van der Waals surface area contributed by atoms with Gasteiger partial charge in [0.05, 0.1) is 15.7 Å². The summed E-state index contributed by atoms with van der Waals surface area (Å²) in [4.78, 5) is 15.0. The van der Waals surface area contributed by atoms with Crippen LogP contribution in [0.15, 0.2) is 162 Å². The first kappa shape index (κ1) is 28.2. The molecule has 0 atom stereocenters. The monoisotopic (exact) mass is 670 g/mol. The molecule has 51 heavy (non-hydrogen) atoms. The Kier molecular flexibility index (Phi) is 6.05. The van der Waals surface area contributed by atoms with Gasteiger partial charge in [-0.2, -0.15) is 0 Å². The molecule has 0 N–H and O–H groups in total. The maximum atomic E-state index is 6.81. The molecule has 0 unspecified atom stereocenters. The van der Waals surface area contributed by atoms with Crippen LogP contribution in [0.5, 0.6) is 0 Å². The molecule has 4 aromatic heterocycles. The van der Waals surface area contributed by atoms with E-state index in [4.69, 9.17) is 19.4 Å². The number of nitrogens with zero attached hydrogens (tertiary/aromatic N) is 4. The van der Waals surface area contributed by atoms with Gasteiger partial charge in [0, 0.05) is 65.5 Å². The van der Waals surface area contributed by atoms with Crippen molar-refractivity contribution in [3.8, 4) is 39.9 Å². The molecule has 0 fully saturated rings. The highest BCUT2D eigenvalue weighted by atomic mass is 32.1. The third kappa shape index (κ3) is 4.30. The van der Waals surface area contributed by atoms with Crippen molar-refractivity contribution in [2.45, 2.75) is 0 Å². The fourth-order valence-electron chi connectivity index (χ4n) is 7.52. The Bertz CT molecular complexity index is 3030. The van der Waals surface area contributed by atoms with Crippen LogP contribution < -0.4 is 0 Å². The summed E-state index contributed by atoms with van der Waals surface area (Å²) in [6, 6.07) is 54.8. The third-order valence-corrected chi connectivity index (χ3v) is 11.1. The molecule has 0 aliphatic rings. The van der Waals surface area contributed by atoms with Crippen LogP contribution in [0.3, 0.4) is 0 Å². The lowest BCUT2D eigenvalue weighted by molar-refractivity contribution is 0.673. The lowest BCUT2D eigenvalue weighted by atomic mass is 10.1. The summed E-state index contributed by atoms with van der Waals surface area (Å²) in [5.74, 6) is 1.95. The molecular formula is C45H26N4OS. The number of rotatable bonds is 4. The van der Waals surface area contributed by atoms with Gasteiger partial charge in [-0.25, -0.2) is 15.0 Å². The predicted octanol–water partition coefficient (Wildman–Crippen LogP) is 12.2. The zero-order valence-electron chi connectivity index (χ0n) is 27.1. The molecule has 0 aliphatic heterocycles. The molecule has 0 spiro atoms. The largest absolute Gasteiger partial charge is 0.454 e. The van der Waals surface area contributed by atoms with Gasteiger partial charge in [0.25, 0.3) is 0 Å². The molecule has 238 valence electrons. The first-order chi connectivity index (χ1) is 25.3. The molecule has 6 heteroatoms. The Morgan fingerprint density at radius 3 is 1.67 bits per heavy atom. The molecule has 0 saturated carbocycles. The summed E-state index contributed by atoms with van der Waals surface area (Å²) in [5.41, 5.74) is 8.08. The van der Waals surface area contributed by atoms with Gasteiger partial charge in [-0.15, -0.1) is 11.3 Å². The van der Waals surface area contributed by atoms with Crippen molar-refractivity contribution in [1.82, 2.24) is 19.5 Å². The highest BCUT2D eigenvalue weighted by Gasteiger charge is 2.20. The Morgan fingerprint density at radius 1 is 0.431 bits per heavy atom. The molecule has 4 heterocycles. The average Bonchev–Trinajstić information content (AvgIpc) is 3.88. The number of thiophene rings is 1. The number of furan rings is 1. The highest BCUT2D eigenvalue weighted by molar-refractivity contribution is 7.27. The number of benzene rings is 7. The molecule has 7 aromatic carbocycles. The number of hydrogen-bond donors (Lipinski definition) is 0. The Labute approximate surface area is 295 Å². The molecule has 11 rings (SSSR count). The van der Waals surface area contributed by atoms with Crippen molar-refractivity contribution >= 4 is 75.3 Å². The van der Waals surface area contributed by atoms with Crippen LogP contribution in [0.4, 0.5) is 0 Å². The van der Waals surface area contributed by atoms with E-state index in [2.05, 4.69) is 102 Å². The van der Waals surface area contributed by atoms with Crippen molar-refractivity contribution in [3.05, 3.63) is 158 Å². The second-order valence-corrected chi connectivity index (χ2v) is 13.8. The van der Waals surface area contributed by atoms with Crippen LogP contribution in [0.1, 0.15) is 0 Å². The summed E-state index contributed by atoms with van der Waals surface area (Å²) in [6.07, 6.45) is 0. The smallest absolute Gasteiger partial charge is 0.165 e. The minimum absolute atomic E-state index is 0.649. The summed E-state index contributed by atoms with van der Waals surface area (Å²) in [5, 5.41) is 7.01. The fraction of sp³-hybridized carbons (Fsp3) is 0.